The van der Waals surface area contributed by atoms with Gasteiger partial charge in [-0.15, -0.1) is 5.10 Å². The van der Waals surface area contributed by atoms with Gasteiger partial charge in [-0.1, -0.05) is 6.92 Å². The van der Waals surface area contributed by atoms with Gasteiger partial charge < -0.3 is 14.5 Å². The highest BCUT2D eigenvalue weighted by Gasteiger charge is 2.08. The van der Waals surface area contributed by atoms with Gasteiger partial charge in [-0.3, -0.25) is 5.10 Å². The molecule has 0 saturated heterocycles. The summed E-state index contributed by atoms with van der Waals surface area (Å²) >= 11 is 0. The first-order chi connectivity index (χ1) is 8.69. The molecule has 2 aromatic rings. The molecule has 0 aliphatic rings. The normalized spacial score (nSPS) is 10.8. The predicted molar refractivity (Wildman–Crippen MR) is 68.5 cm³/mol. The maximum atomic E-state index is 5.64. The fourth-order valence-electron chi connectivity index (χ4n) is 1.68. The molecule has 0 fully saturated rings. The van der Waals surface area contributed by atoms with Gasteiger partial charge in [-0.2, -0.15) is 0 Å². The Morgan fingerprint density at radius 2 is 2.22 bits per heavy atom. The number of nitrogens with zero attached hydrogens (tertiary/aromatic N) is 1. The van der Waals surface area contributed by atoms with E-state index in [1.54, 1.807) is 0 Å². The van der Waals surface area contributed by atoms with Crippen molar-refractivity contribution in [3.8, 4) is 5.88 Å². The fourth-order valence-corrected chi connectivity index (χ4v) is 1.68. The van der Waals surface area contributed by atoms with Gasteiger partial charge >= 0.3 is 0 Å². The van der Waals surface area contributed by atoms with Crippen molar-refractivity contribution in [2.24, 2.45) is 0 Å². The Hall–Kier alpha value is -1.75. The van der Waals surface area contributed by atoms with Crippen LogP contribution in [0.4, 0.5) is 0 Å². The highest BCUT2D eigenvalue weighted by atomic mass is 16.5. The second-order valence-electron chi connectivity index (χ2n) is 4.25. The number of H-pyrrole nitrogens is 1. The van der Waals surface area contributed by atoms with Crippen LogP contribution in [-0.2, 0) is 13.2 Å². The molecule has 0 spiro atoms. The number of aryl methyl sites for hydroxylation is 2. The highest BCUT2D eigenvalue weighted by Crippen LogP contribution is 2.17. The molecular formula is C13H19N3O2. The molecule has 0 amide bonds. The zero-order valence-electron chi connectivity index (χ0n) is 11.0. The van der Waals surface area contributed by atoms with Crippen LogP contribution in [0.3, 0.4) is 0 Å². The van der Waals surface area contributed by atoms with Crippen molar-refractivity contribution in [2.75, 3.05) is 6.54 Å². The summed E-state index contributed by atoms with van der Waals surface area (Å²) in [5.74, 6) is 2.45. The van der Waals surface area contributed by atoms with E-state index in [0.717, 1.165) is 35.9 Å². The Morgan fingerprint density at radius 1 is 1.39 bits per heavy atom. The molecule has 0 aliphatic heterocycles. The Bertz CT molecular complexity index is 502. The summed E-state index contributed by atoms with van der Waals surface area (Å²) in [7, 11) is 0. The lowest BCUT2D eigenvalue weighted by molar-refractivity contribution is 0.290. The van der Waals surface area contributed by atoms with Gasteiger partial charge in [0.15, 0.2) is 0 Å². The Labute approximate surface area is 107 Å². The van der Waals surface area contributed by atoms with Gasteiger partial charge in [0.25, 0.3) is 0 Å². The number of hydrogen-bond acceptors (Lipinski definition) is 4. The molecule has 98 valence electrons. The predicted octanol–water partition coefficient (Wildman–Crippen LogP) is 2.31. The third kappa shape index (κ3) is 3.13. The number of ether oxygens (including phenoxy) is 1. The number of aromatic nitrogens is 2. The molecule has 0 radical (unpaired) electrons. The number of rotatable bonds is 6. The molecular weight excluding hydrogens is 230 g/mol. The van der Waals surface area contributed by atoms with Crippen LogP contribution < -0.4 is 10.1 Å². The molecule has 5 heteroatoms. The van der Waals surface area contributed by atoms with E-state index in [1.807, 2.05) is 26.0 Å². The average Bonchev–Trinajstić information content (AvgIpc) is 2.90. The summed E-state index contributed by atoms with van der Waals surface area (Å²) in [6.07, 6.45) is 0. The van der Waals surface area contributed by atoms with E-state index in [2.05, 4.69) is 22.4 Å². The van der Waals surface area contributed by atoms with Crippen molar-refractivity contribution >= 4 is 0 Å². The first-order valence-electron chi connectivity index (χ1n) is 6.12. The summed E-state index contributed by atoms with van der Waals surface area (Å²) in [5.41, 5.74) is 2.05. The van der Waals surface area contributed by atoms with Crippen molar-refractivity contribution in [2.45, 2.75) is 33.9 Å². The maximum Gasteiger partial charge on any atom is 0.233 e. The quantitative estimate of drug-likeness (QED) is 0.824. The molecule has 0 bridgehead atoms. The van der Waals surface area contributed by atoms with Gasteiger partial charge in [0.2, 0.25) is 5.88 Å². The molecule has 2 heterocycles. The minimum Gasteiger partial charge on any atom is -0.472 e. The first-order valence-corrected chi connectivity index (χ1v) is 6.12. The monoisotopic (exact) mass is 249 g/mol. The lowest BCUT2D eigenvalue weighted by atomic mass is 10.2. The minimum absolute atomic E-state index is 0.478. The van der Waals surface area contributed by atoms with E-state index in [1.165, 1.54) is 0 Å². The van der Waals surface area contributed by atoms with Crippen molar-refractivity contribution in [1.82, 2.24) is 15.5 Å². The summed E-state index contributed by atoms with van der Waals surface area (Å²) in [6.45, 7) is 8.11. The van der Waals surface area contributed by atoms with E-state index in [-0.39, 0.29) is 0 Å². The molecule has 2 N–H and O–H groups in total. The van der Waals surface area contributed by atoms with Gasteiger partial charge in [0.1, 0.15) is 18.1 Å². The van der Waals surface area contributed by atoms with E-state index in [4.69, 9.17) is 9.15 Å². The van der Waals surface area contributed by atoms with Crippen LogP contribution in [0.15, 0.2) is 16.5 Å². The lowest BCUT2D eigenvalue weighted by Gasteiger charge is -1.99. The zero-order chi connectivity index (χ0) is 13.0. The van der Waals surface area contributed by atoms with Crippen LogP contribution in [0.1, 0.15) is 29.7 Å². The molecule has 5 nitrogen and oxygen atoms in total. The number of hydrogen-bond donors (Lipinski definition) is 2. The van der Waals surface area contributed by atoms with Crippen molar-refractivity contribution in [3.05, 3.63) is 34.9 Å². The Morgan fingerprint density at radius 3 is 2.89 bits per heavy atom. The number of aromatic amines is 1. The number of furan rings is 1. The van der Waals surface area contributed by atoms with Crippen LogP contribution in [-0.4, -0.2) is 16.7 Å². The second-order valence-corrected chi connectivity index (χ2v) is 4.25. The molecule has 2 aromatic heterocycles. The third-order valence-corrected chi connectivity index (χ3v) is 2.68. The zero-order valence-corrected chi connectivity index (χ0v) is 11.0. The van der Waals surface area contributed by atoms with E-state index in [9.17, 15) is 0 Å². The first kappa shape index (κ1) is 12.7. The summed E-state index contributed by atoms with van der Waals surface area (Å²) in [4.78, 5) is 0. The number of nitrogens with one attached hydrogen (secondary N) is 2. The van der Waals surface area contributed by atoms with Crippen LogP contribution in [0.2, 0.25) is 0 Å². The van der Waals surface area contributed by atoms with Crippen LogP contribution in [0.25, 0.3) is 0 Å². The van der Waals surface area contributed by atoms with Crippen LogP contribution in [0.5, 0.6) is 5.88 Å². The lowest BCUT2D eigenvalue weighted by Crippen LogP contribution is -2.10. The summed E-state index contributed by atoms with van der Waals surface area (Å²) in [5, 5.41) is 10.1. The topological polar surface area (TPSA) is 63.1 Å². The average molecular weight is 249 g/mol. The van der Waals surface area contributed by atoms with Crippen LogP contribution >= 0.6 is 0 Å². The van der Waals surface area contributed by atoms with E-state index in [0.29, 0.717) is 12.5 Å². The van der Waals surface area contributed by atoms with E-state index >= 15 is 0 Å². The van der Waals surface area contributed by atoms with Crippen LogP contribution in [0, 0.1) is 13.8 Å². The molecule has 0 unspecified atom stereocenters. The Kier molecular flexibility index (Phi) is 4.04. The summed E-state index contributed by atoms with van der Waals surface area (Å²) in [6, 6.07) is 3.90. The smallest absolute Gasteiger partial charge is 0.233 e. The largest absolute Gasteiger partial charge is 0.472 e. The van der Waals surface area contributed by atoms with Gasteiger partial charge in [0.05, 0.1) is 6.54 Å². The standard InChI is InChI=1S/C13H19N3O2/c1-4-14-7-12-6-11(10(3)18-12)8-17-13-5-9(2)15-16-13/h5-6,14H,4,7-8H2,1-3H3,(H,15,16). The highest BCUT2D eigenvalue weighted by molar-refractivity contribution is 5.21. The van der Waals surface area contributed by atoms with Gasteiger partial charge in [-0.25, -0.2) is 0 Å². The van der Waals surface area contributed by atoms with Crippen molar-refractivity contribution in [1.29, 1.82) is 0 Å². The van der Waals surface area contributed by atoms with Crippen molar-refractivity contribution < 1.29 is 9.15 Å². The molecule has 18 heavy (non-hydrogen) atoms. The van der Waals surface area contributed by atoms with Gasteiger partial charge in [0, 0.05) is 17.3 Å². The second kappa shape index (κ2) is 5.73. The minimum atomic E-state index is 0.478. The molecule has 0 saturated carbocycles. The Balaban J connectivity index is 1.94. The molecule has 2 rings (SSSR count). The third-order valence-electron chi connectivity index (χ3n) is 2.68. The van der Waals surface area contributed by atoms with Gasteiger partial charge in [-0.05, 0) is 26.5 Å². The van der Waals surface area contributed by atoms with Crippen molar-refractivity contribution in [3.63, 3.8) is 0 Å². The molecule has 0 aliphatic carbocycles. The summed E-state index contributed by atoms with van der Waals surface area (Å²) < 4.78 is 11.2. The fraction of sp³-hybridized carbons (Fsp3) is 0.462. The molecule has 0 aromatic carbocycles. The SMILES string of the molecule is CCNCc1cc(COc2cc(C)[nH]n2)c(C)o1. The maximum absolute atomic E-state index is 5.64. The van der Waals surface area contributed by atoms with E-state index < -0.39 is 0 Å². The molecule has 0 atom stereocenters.